The Bertz CT molecular complexity index is 993. The molecular formula is C18H11Cl2FN2O2. The van der Waals surface area contributed by atoms with Gasteiger partial charge in [-0.1, -0.05) is 35.3 Å². The number of anilines is 1. The molecule has 126 valence electrons. The van der Waals surface area contributed by atoms with Gasteiger partial charge in [-0.2, -0.15) is 4.73 Å². The summed E-state index contributed by atoms with van der Waals surface area (Å²) in [4.78, 5) is 12.7. The van der Waals surface area contributed by atoms with Crippen LogP contribution in [0, 0.1) is 11.0 Å². The zero-order chi connectivity index (χ0) is 18.1. The number of benzene rings is 2. The molecule has 0 unspecified atom stereocenters. The molecular weight excluding hydrogens is 366 g/mol. The Labute approximate surface area is 152 Å². The summed E-state index contributed by atoms with van der Waals surface area (Å²) in [5.74, 6) is -1.08. The number of halogens is 3. The number of nitrogens with zero attached hydrogens (tertiary/aromatic N) is 1. The van der Waals surface area contributed by atoms with E-state index >= 15 is 0 Å². The molecule has 1 heterocycles. The van der Waals surface area contributed by atoms with Crippen molar-refractivity contribution in [1.29, 1.82) is 0 Å². The Balaban J connectivity index is 2.17. The molecule has 7 heteroatoms. The van der Waals surface area contributed by atoms with Crippen LogP contribution in [0.3, 0.4) is 0 Å². The van der Waals surface area contributed by atoms with Gasteiger partial charge < -0.3 is 10.9 Å². The Hall–Kier alpha value is -2.63. The standard InChI is InChI=1S/C18H11Cl2FN2O2/c19-14-4-2-1-3-11(14)17-16(22)13(7-8-23(17)25)18(24)12-6-5-10(21)9-15(12)20/h1-9H,22H2. The molecule has 2 aromatic carbocycles. The molecule has 0 radical (unpaired) electrons. The maximum atomic E-state index is 13.2. The quantitative estimate of drug-likeness (QED) is 0.422. The average molecular weight is 377 g/mol. The minimum Gasteiger partial charge on any atom is -0.618 e. The number of hydrogen-bond acceptors (Lipinski definition) is 3. The van der Waals surface area contributed by atoms with Crippen molar-refractivity contribution in [2.75, 3.05) is 5.73 Å². The van der Waals surface area contributed by atoms with Crippen LogP contribution in [0.15, 0.2) is 54.7 Å². The van der Waals surface area contributed by atoms with Crippen LogP contribution in [0.2, 0.25) is 10.0 Å². The second-order valence-corrected chi connectivity index (χ2v) is 6.07. The van der Waals surface area contributed by atoms with Crippen molar-refractivity contribution in [1.82, 2.24) is 0 Å². The second-order valence-electron chi connectivity index (χ2n) is 5.25. The minimum atomic E-state index is -0.559. The Kier molecular flexibility index (Phi) is 4.61. The van der Waals surface area contributed by atoms with Gasteiger partial charge in [0.15, 0.2) is 12.0 Å². The van der Waals surface area contributed by atoms with Gasteiger partial charge in [0.1, 0.15) is 11.5 Å². The van der Waals surface area contributed by atoms with E-state index in [1.54, 1.807) is 24.3 Å². The third-order valence-corrected chi connectivity index (χ3v) is 4.33. The van der Waals surface area contributed by atoms with Gasteiger partial charge in [-0.15, -0.1) is 0 Å². The molecule has 0 atom stereocenters. The fraction of sp³-hybridized carbons (Fsp3) is 0. The molecule has 25 heavy (non-hydrogen) atoms. The van der Waals surface area contributed by atoms with E-state index in [9.17, 15) is 14.4 Å². The predicted molar refractivity (Wildman–Crippen MR) is 95.1 cm³/mol. The second kappa shape index (κ2) is 6.70. The minimum absolute atomic E-state index is 0.0315. The summed E-state index contributed by atoms with van der Waals surface area (Å²) in [7, 11) is 0. The molecule has 0 aliphatic heterocycles. The topological polar surface area (TPSA) is 70.0 Å². The summed E-state index contributed by atoms with van der Waals surface area (Å²) < 4.78 is 13.7. The maximum absolute atomic E-state index is 13.2. The van der Waals surface area contributed by atoms with E-state index in [0.29, 0.717) is 15.3 Å². The number of nitrogens with two attached hydrogens (primary N) is 1. The van der Waals surface area contributed by atoms with Crippen molar-refractivity contribution in [3.05, 3.63) is 86.9 Å². The number of carbonyl (C=O) groups excluding carboxylic acids is 1. The molecule has 1 aromatic heterocycles. The molecule has 0 spiro atoms. The van der Waals surface area contributed by atoms with Crippen molar-refractivity contribution in [2.24, 2.45) is 0 Å². The first kappa shape index (κ1) is 17.2. The van der Waals surface area contributed by atoms with Gasteiger partial charge >= 0.3 is 0 Å². The lowest BCUT2D eigenvalue weighted by Gasteiger charge is -2.12. The smallest absolute Gasteiger partial charge is 0.249 e. The molecule has 4 nitrogen and oxygen atoms in total. The van der Waals surface area contributed by atoms with Crippen molar-refractivity contribution >= 4 is 34.7 Å². The summed E-state index contributed by atoms with van der Waals surface area (Å²) in [5, 5.41) is 12.5. The summed E-state index contributed by atoms with van der Waals surface area (Å²) in [6, 6.07) is 11.4. The highest BCUT2D eigenvalue weighted by Gasteiger charge is 2.24. The number of rotatable bonds is 3. The predicted octanol–water partition coefficient (Wildman–Crippen LogP) is 4.25. The third-order valence-electron chi connectivity index (χ3n) is 3.69. The number of hydrogen-bond donors (Lipinski definition) is 1. The van der Waals surface area contributed by atoms with E-state index in [-0.39, 0.29) is 27.5 Å². The van der Waals surface area contributed by atoms with Crippen molar-refractivity contribution < 1.29 is 13.9 Å². The molecule has 0 aliphatic carbocycles. The van der Waals surface area contributed by atoms with Crippen molar-refractivity contribution in [3.63, 3.8) is 0 Å². The Morgan fingerprint density at radius 1 is 1.04 bits per heavy atom. The van der Waals surface area contributed by atoms with Gasteiger partial charge in [0.25, 0.3) is 0 Å². The number of pyridine rings is 1. The van der Waals surface area contributed by atoms with Gasteiger partial charge in [-0.3, -0.25) is 4.79 Å². The highest BCUT2D eigenvalue weighted by atomic mass is 35.5. The normalized spacial score (nSPS) is 10.7. The van der Waals surface area contributed by atoms with E-state index < -0.39 is 11.6 Å². The highest BCUT2D eigenvalue weighted by molar-refractivity contribution is 6.35. The molecule has 0 aliphatic rings. The van der Waals surface area contributed by atoms with Crippen LogP contribution in [-0.4, -0.2) is 5.78 Å². The Morgan fingerprint density at radius 3 is 2.44 bits per heavy atom. The van der Waals surface area contributed by atoms with Crippen molar-refractivity contribution in [2.45, 2.75) is 0 Å². The molecule has 0 saturated heterocycles. The lowest BCUT2D eigenvalue weighted by Crippen LogP contribution is -2.31. The third kappa shape index (κ3) is 3.16. The molecule has 3 rings (SSSR count). The fourth-order valence-electron chi connectivity index (χ4n) is 2.49. The van der Waals surface area contributed by atoms with Crippen LogP contribution in [0.25, 0.3) is 11.3 Å². The molecule has 0 amide bonds. The van der Waals surface area contributed by atoms with Gasteiger partial charge in [-0.05, 0) is 30.3 Å². The van der Waals surface area contributed by atoms with Crippen LogP contribution >= 0.6 is 23.2 Å². The van der Waals surface area contributed by atoms with Crippen LogP contribution in [-0.2, 0) is 0 Å². The van der Waals surface area contributed by atoms with Gasteiger partial charge in [0.05, 0.1) is 21.2 Å². The van der Waals surface area contributed by atoms with E-state index in [1.165, 1.54) is 18.3 Å². The highest BCUT2D eigenvalue weighted by Crippen LogP contribution is 2.32. The van der Waals surface area contributed by atoms with E-state index in [4.69, 9.17) is 28.9 Å². The Morgan fingerprint density at radius 2 is 1.76 bits per heavy atom. The summed E-state index contributed by atoms with van der Waals surface area (Å²) in [5.41, 5.74) is 6.68. The molecule has 0 saturated carbocycles. The summed E-state index contributed by atoms with van der Waals surface area (Å²) >= 11 is 12.1. The van der Waals surface area contributed by atoms with E-state index in [2.05, 4.69) is 0 Å². The van der Waals surface area contributed by atoms with Crippen molar-refractivity contribution in [3.8, 4) is 11.3 Å². The zero-order valence-corrected chi connectivity index (χ0v) is 14.2. The average Bonchev–Trinajstić information content (AvgIpc) is 2.56. The lowest BCUT2D eigenvalue weighted by atomic mass is 9.99. The molecule has 3 aromatic rings. The van der Waals surface area contributed by atoms with Crippen LogP contribution in [0.1, 0.15) is 15.9 Å². The summed E-state index contributed by atoms with van der Waals surface area (Å²) in [6.45, 7) is 0. The van der Waals surface area contributed by atoms with Gasteiger partial charge in [0, 0.05) is 11.6 Å². The molecule has 0 fully saturated rings. The molecule has 0 bridgehead atoms. The first-order valence-electron chi connectivity index (χ1n) is 7.16. The van der Waals surface area contributed by atoms with Crippen LogP contribution in [0.4, 0.5) is 10.1 Å². The van der Waals surface area contributed by atoms with E-state index in [1.807, 2.05) is 0 Å². The number of aromatic nitrogens is 1. The van der Waals surface area contributed by atoms with Crippen LogP contribution < -0.4 is 10.5 Å². The van der Waals surface area contributed by atoms with Crippen LogP contribution in [0.5, 0.6) is 0 Å². The maximum Gasteiger partial charge on any atom is 0.249 e. The zero-order valence-electron chi connectivity index (χ0n) is 12.7. The number of carbonyl (C=O) groups is 1. The van der Waals surface area contributed by atoms with Gasteiger partial charge in [0.2, 0.25) is 5.69 Å². The number of nitrogen functional groups attached to an aromatic ring is 1. The fourth-order valence-corrected chi connectivity index (χ4v) is 2.96. The first-order chi connectivity index (χ1) is 11.9. The SMILES string of the molecule is Nc1c(C(=O)c2ccc(F)cc2Cl)cc[n+]([O-])c1-c1ccccc1Cl. The van der Waals surface area contributed by atoms with Gasteiger partial charge in [-0.25, -0.2) is 4.39 Å². The first-order valence-corrected chi connectivity index (χ1v) is 7.92. The molecule has 2 N–H and O–H groups in total. The lowest BCUT2D eigenvalue weighted by molar-refractivity contribution is -0.593. The largest absolute Gasteiger partial charge is 0.618 e. The monoisotopic (exact) mass is 376 g/mol. The summed E-state index contributed by atoms with van der Waals surface area (Å²) in [6.07, 6.45) is 1.17. The van der Waals surface area contributed by atoms with E-state index in [0.717, 1.165) is 12.1 Å². The number of ketones is 1.